The van der Waals surface area contributed by atoms with Crippen LogP contribution in [0.3, 0.4) is 0 Å². The third-order valence-electron chi connectivity index (χ3n) is 3.07. The van der Waals surface area contributed by atoms with Crippen molar-refractivity contribution in [2.24, 2.45) is 0 Å². The maximum Gasteiger partial charge on any atom is 0.227 e. The van der Waals surface area contributed by atoms with Gasteiger partial charge in [-0.3, -0.25) is 0 Å². The highest BCUT2D eigenvalue weighted by Gasteiger charge is 2.49. The Kier molecular flexibility index (Phi) is 4.71. The summed E-state index contributed by atoms with van der Waals surface area (Å²) >= 11 is 30.0. The number of fused-ring (bicyclic) bond motifs is 1. The van der Waals surface area contributed by atoms with Gasteiger partial charge >= 0.3 is 0 Å². The van der Waals surface area contributed by atoms with E-state index in [1.807, 2.05) is 24.3 Å². The van der Waals surface area contributed by atoms with Crippen LogP contribution in [0.15, 0.2) is 36.4 Å². The Labute approximate surface area is 142 Å². The SMILES string of the molecule is CC([O])c1c(C(Cl)(Cl)C(Cl)(Cl)Cl)ccc2ccccc12. The zero-order valence-electron chi connectivity index (χ0n) is 10.3. The van der Waals surface area contributed by atoms with Crippen molar-refractivity contribution in [3.63, 3.8) is 0 Å². The second-order valence-corrected chi connectivity index (χ2v) is 8.07. The van der Waals surface area contributed by atoms with Gasteiger partial charge in [0.1, 0.15) is 6.10 Å². The van der Waals surface area contributed by atoms with Gasteiger partial charge in [0.05, 0.1) is 0 Å². The van der Waals surface area contributed by atoms with Gasteiger partial charge in [-0.05, 0) is 28.8 Å². The lowest BCUT2D eigenvalue weighted by Gasteiger charge is -2.30. The summed E-state index contributed by atoms with van der Waals surface area (Å²) in [4.78, 5) is 0. The molecule has 20 heavy (non-hydrogen) atoms. The molecule has 2 aromatic carbocycles. The first-order chi connectivity index (χ1) is 9.16. The number of benzene rings is 2. The highest BCUT2D eigenvalue weighted by molar-refractivity contribution is 6.75. The quantitative estimate of drug-likeness (QED) is 0.550. The highest BCUT2D eigenvalue weighted by Crippen LogP contribution is 2.54. The first kappa shape index (κ1) is 16.5. The van der Waals surface area contributed by atoms with Crippen LogP contribution in [0.5, 0.6) is 0 Å². The minimum absolute atomic E-state index is 0.321. The van der Waals surface area contributed by atoms with Gasteiger partial charge in [-0.15, -0.1) is 0 Å². The number of halogens is 5. The molecule has 0 saturated carbocycles. The molecule has 0 N–H and O–H groups in total. The summed E-state index contributed by atoms with van der Waals surface area (Å²) in [5, 5.41) is 13.8. The Morgan fingerprint density at radius 2 is 1.55 bits per heavy atom. The fraction of sp³-hybridized carbons (Fsp3) is 0.286. The predicted octanol–water partition coefficient (Wildman–Crippen LogP) is 6.33. The molecule has 0 spiro atoms. The summed E-state index contributed by atoms with van der Waals surface area (Å²) in [5.74, 6) is 0. The summed E-state index contributed by atoms with van der Waals surface area (Å²) in [7, 11) is 0. The van der Waals surface area contributed by atoms with E-state index in [9.17, 15) is 5.11 Å². The Hall–Kier alpha value is 0.110. The molecule has 2 rings (SSSR count). The molecule has 1 nitrogen and oxygen atoms in total. The van der Waals surface area contributed by atoms with Gasteiger partial charge in [0, 0.05) is 0 Å². The molecule has 6 heteroatoms. The van der Waals surface area contributed by atoms with Crippen LogP contribution in [0.4, 0.5) is 0 Å². The molecule has 0 saturated heterocycles. The van der Waals surface area contributed by atoms with Crippen LogP contribution in [0.2, 0.25) is 0 Å². The molecule has 0 aliphatic carbocycles. The fourth-order valence-electron chi connectivity index (χ4n) is 2.16. The smallest absolute Gasteiger partial charge is 0.227 e. The summed E-state index contributed by atoms with van der Waals surface area (Å²) in [5.41, 5.74) is 0.765. The van der Waals surface area contributed by atoms with E-state index < -0.39 is 14.2 Å². The Morgan fingerprint density at radius 1 is 0.950 bits per heavy atom. The third kappa shape index (κ3) is 2.85. The number of rotatable bonds is 2. The number of hydrogen-bond donors (Lipinski definition) is 0. The Morgan fingerprint density at radius 3 is 2.10 bits per heavy atom. The lowest BCUT2D eigenvalue weighted by atomic mass is 9.93. The van der Waals surface area contributed by atoms with Gasteiger partial charge in [-0.1, -0.05) is 94.4 Å². The topological polar surface area (TPSA) is 19.9 Å². The van der Waals surface area contributed by atoms with Gasteiger partial charge in [0.15, 0.2) is 4.33 Å². The third-order valence-corrected chi connectivity index (χ3v) is 5.48. The summed E-state index contributed by atoms with van der Waals surface area (Å²) in [6.45, 7) is 1.51. The van der Waals surface area contributed by atoms with Crippen LogP contribution in [-0.2, 0) is 9.44 Å². The second kappa shape index (κ2) is 5.72. The van der Waals surface area contributed by atoms with Crippen molar-refractivity contribution in [2.75, 3.05) is 0 Å². The van der Waals surface area contributed by atoms with E-state index in [1.165, 1.54) is 6.92 Å². The van der Waals surface area contributed by atoms with Crippen molar-refractivity contribution < 1.29 is 5.11 Å². The molecule has 0 fully saturated rings. The first-order valence-corrected chi connectivity index (χ1v) is 7.67. The standard InChI is InChI=1S/C14H10Cl5O/c1-8(20)12-10-5-3-2-4-9(10)6-7-11(12)13(15,16)14(17,18)19/h2-8H,1H3. The number of alkyl halides is 5. The summed E-state index contributed by atoms with van der Waals surface area (Å²) in [6.07, 6.45) is -1.06. The number of hydrogen-bond acceptors (Lipinski definition) is 0. The molecular formula is C14H10Cl5O. The van der Waals surface area contributed by atoms with E-state index in [1.54, 1.807) is 12.1 Å². The largest absolute Gasteiger partial charge is 0.228 e. The molecule has 1 atom stereocenters. The van der Waals surface area contributed by atoms with E-state index in [-0.39, 0.29) is 0 Å². The van der Waals surface area contributed by atoms with Gasteiger partial charge in [-0.2, -0.15) is 0 Å². The summed E-state index contributed by atoms with van der Waals surface area (Å²) in [6, 6.07) is 10.9. The zero-order chi connectivity index (χ0) is 15.1. The lowest BCUT2D eigenvalue weighted by Crippen LogP contribution is -2.30. The zero-order valence-corrected chi connectivity index (χ0v) is 14.1. The maximum atomic E-state index is 12.1. The van der Waals surface area contributed by atoms with Crippen LogP contribution in [0, 0.1) is 0 Å². The summed E-state index contributed by atoms with van der Waals surface area (Å²) < 4.78 is -3.77. The van der Waals surface area contributed by atoms with Crippen molar-refractivity contribution in [3.05, 3.63) is 47.5 Å². The minimum Gasteiger partial charge on any atom is -0.228 e. The minimum atomic E-state index is -1.96. The van der Waals surface area contributed by atoms with Crippen molar-refractivity contribution in [1.29, 1.82) is 0 Å². The van der Waals surface area contributed by atoms with Crippen molar-refractivity contribution in [1.82, 2.24) is 0 Å². The van der Waals surface area contributed by atoms with Gasteiger partial charge in [0.25, 0.3) is 0 Å². The van der Waals surface area contributed by atoms with E-state index in [0.717, 1.165) is 10.8 Å². The average molecular weight is 371 g/mol. The van der Waals surface area contributed by atoms with Gasteiger partial charge in [0.2, 0.25) is 3.79 Å². The lowest BCUT2D eigenvalue weighted by molar-refractivity contribution is 0.106. The van der Waals surface area contributed by atoms with E-state index in [0.29, 0.717) is 11.1 Å². The van der Waals surface area contributed by atoms with Crippen LogP contribution in [-0.4, -0.2) is 3.79 Å². The molecule has 2 aromatic rings. The fourth-order valence-corrected chi connectivity index (χ4v) is 2.80. The molecule has 0 aliphatic heterocycles. The predicted molar refractivity (Wildman–Crippen MR) is 86.7 cm³/mol. The van der Waals surface area contributed by atoms with Crippen LogP contribution in [0.1, 0.15) is 24.2 Å². The molecular weight excluding hydrogens is 361 g/mol. The van der Waals surface area contributed by atoms with Gasteiger partial charge < -0.3 is 0 Å². The first-order valence-electron chi connectivity index (χ1n) is 5.78. The maximum absolute atomic E-state index is 12.1. The van der Waals surface area contributed by atoms with Crippen molar-refractivity contribution in [2.45, 2.75) is 21.2 Å². The molecule has 0 bridgehead atoms. The Balaban J connectivity index is 2.81. The molecule has 0 aliphatic rings. The average Bonchev–Trinajstić information content (AvgIpc) is 2.35. The van der Waals surface area contributed by atoms with E-state index in [4.69, 9.17) is 58.0 Å². The highest BCUT2D eigenvalue weighted by atomic mass is 35.6. The molecule has 1 radical (unpaired) electrons. The van der Waals surface area contributed by atoms with E-state index >= 15 is 0 Å². The van der Waals surface area contributed by atoms with Crippen LogP contribution in [0.25, 0.3) is 10.8 Å². The van der Waals surface area contributed by atoms with Crippen LogP contribution >= 0.6 is 58.0 Å². The Bertz CT molecular complexity index is 631. The van der Waals surface area contributed by atoms with E-state index in [2.05, 4.69) is 0 Å². The molecule has 107 valence electrons. The second-order valence-electron chi connectivity index (χ2n) is 4.46. The molecule has 0 amide bonds. The molecule has 0 heterocycles. The molecule has 0 aromatic heterocycles. The normalized spacial score (nSPS) is 14.6. The van der Waals surface area contributed by atoms with Crippen molar-refractivity contribution >= 4 is 68.8 Å². The van der Waals surface area contributed by atoms with Crippen LogP contribution < -0.4 is 0 Å². The monoisotopic (exact) mass is 369 g/mol. The molecule has 1 unspecified atom stereocenters. The van der Waals surface area contributed by atoms with Crippen molar-refractivity contribution in [3.8, 4) is 0 Å². The van der Waals surface area contributed by atoms with Gasteiger partial charge in [-0.25, -0.2) is 5.11 Å².